The van der Waals surface area contributed by atoms with Gasteiger partial charge in [0, 0.05) is 25.5 Å². The number of hydrogen-bond acceptors (Lipinski definition) is 5. The second-order valence-electron chi connectivity index (χ2n) is 4.33. The molecule has 100 valence electrons. The van der Waals surface area contributed by atoms with E-state index in [9.17, 15) is 0 Å². The summed E-state index contributed by atoms with van der Waals surface area (Å²) in [5.41, 5.74) is 0. The van der Waals surface area contributed by atoms with Crippen LogP contribution in [0, 0.1) is 0 Å². The zero-order valence-electron chi connectivity index (χ0n) is 10.6. The van der Waals surface area contributed by atoms with Crippen molar-refractivity contribution in [3.63, 3.8) is 0 Å². The van der Waals surface area contributed by atoms with Crippen molar-refractivity contribution in [2.45, 2.75) is 19.4 Å². The van der Waals surface area contributed by atoms with Crippen LogP contribution in [-0.2, 0) is 4.74 Å². The number of anilines is 1. The first kappa shape index (κ1) is 13.7. The molecule has 1 aromatic heterocycles. The number of morpholine rings is 1. The third kappa shape index (κ3) is 3.63. The van der Waals surface area contributed by atoms with E-state index in [1.807, 2.05) is 0 Å². The lowest BCUT2D eigenvalue weighted by molar-refractivity contribution is 0.0929. The van der Waals surface area contributed by atoms with E-state index in [4.69, 9.17) is 4.74 Å². The predicted octanol–water partition coefficient (Wildman–Crippen LogP) is 1.44. The highest BCUT2D eigenvalue weighted by molar-refractivity contribution is 9.10. The topological polar surface area (TPSA) is 50.3 Å². The zero-order chi connectivity index (χ0) is 12.8. The molecule has 1 aromatic rings. The summed E-state index contributed by atoms with van der Waals surface area (Å²) in [4.78, 5) is 11.0. The van der Waals surface area contributed by atoms with Crippen LogP contribution in [0.4, 0.5) is 5.95 Å². The molecule has 0 amide bonds. The van der Waals surface area contributed by atoms with Crippen molar-refractivity contribution in [2.75, 3.05) is 37.7 Å². The molecule has 1 atom stereocenters. The molecule has 2 rings (SSSR count). The third-order valence-electron chi connectivity index (χ3n) is 2.90. The van der Waals surface area contributed by atoms with Crippen molar-refractivity contribution in [1.29, 1.82) is 0 Å². The Bertz CT molecular complexity index is 360. The van der Waals surface area contributed by atoms with Crippen LogP contribution in [-0.4, -0.2) is 48.9 Å². The van der Waals surface area contributed by atoms with Gasteiger partial charge in [-0.3, -0.25) is 0 Å². The highest BCUT2D eigenvalue weighted by Crippen LogP contribution is 2.16. The summed E-state index contributed by atoms with van der Waals surface area (Å²) >= 11 is 3.36. The molecule has 0 spiro atoms. The number of ether oxygens (including phenoxy) is 1. The Balaban J connectivity index is 2.00. The summed E-state index contributed by atoms with van der Waals surface area (Å²) in [7, 11) is 0. The fourth-order valence-electron chi connectivity index (χ4n) is 1.99. The van der Waals surface area contributed by atoms with Crippen molar-refractivity contribution in [1.82, 2.24) is 15.3 Å². The van der Waals surface area contributed by atoms with Gasteiger partial charge in [0.05, 0.1) is 23.7 Å². The van der Waals surface area contributed by atoms with Gasteiger partial charge in [0.25, 0.3) is 0 Å². The Labute approximate surface area is 116 Å². The van der Waals surface area contributed by atoms with Gasteiger partial charge in [0.15, 0.2) is 0 Å². The first-order valence-electron chi connectivity index (χ1n) is 6.34. The van der Waals surface area contributed by atoms with Crippen LogP contribution in [0.2, 0.25) is 0 Å². The van der Waals surface area contributed by atoms with Crippen molar-refractivity contribution in [3.8, 4) is 0 Å². The Morgan fingerprint density at radius 3 is 3.00 bits per heavy atom. The van der Waals surface area contributed by atoms with Crippen molar-refractivity contribution < 1.29 is 4.74 Å². The fourth-order valence-corrected chi connectivity index (χ4v) is 2.19. The molecule has 1 unspecified atom stereocenters. The van der Waals surface area contributed by atoms with Crippen LogP contribution in [0.15, 0.2) is 16.9 Å². The summed E-state index contributed by atoms with van der Waals surface area (Å²) in [6, 6.07) is 0.312. The lowest BCUT2D eigenvalue weighted by Crippen LogP contribution is -2.51. The van der Waals surface area contributed by atoms with Gasteiger partial charge in [-0.25, -0.2) is 9.97 Å². The van der Waals surface area contributed by atoms with Gasteiger partial charge in [-0.1, -0.05) is 6.92 Å². The molecule has 1 N–H and O–H groups in total. The molecule has 0 aromatic carbocycles. The monoisotopic (exact) mass is 314 g/mol. The van der Waals surface area contributed by atoms with Crippen LogP contribution < -0.4 is 10.2 Å². The van der Waals surface area contributed by atoms with E-state index >= 15 is 0 Å². The molecule has 0 saturated carbocycles. The molecule has 6 heteroatoms. The van der Waals surface area contributed by atoms with E-state index in [0.29, 0.717) is 6.04 Å². The van der Waals surface area contributed by atoms with Gasteiger partial charge >= 0.3 is 0 Å². The van der Waals surface area contributed by atoms with Crippen LogP contribution in [0.5, 0.6) is 0 Å². The van der Waals surface area contributed by atoms with Gasteiger partial charge in [0.2, 0.25) is 5.95 Å². The Morgan fingerprint density at radius 2 is 2.28 bits per heavy atom. The number of rotatable bonds is 5. The lowest BCUT2D eigenvalue weighted by atomic mass is 10.2. The Hall–Kier alpha value is -0.720. The molecule has 5 nitrogen and oxygen atoms in total. The second-order valence-corrected chi connectivity index (χ2v) is 5.24. The molecule has 1 saturated heterocycles. The van der Waals surface area contributed by atoms with Crippen LogP contribution in [0.3, 0.4) is 0 Å². The molecular weight excluding hydrogens is 296 g/mol. The predicted molar refractivity (Wildman–Crippen MR) is 74.8 cm³/mol. The summed E-state index contributed by atoms with van der Waals surface area (Å²) < 4.78 is 6.44. The molecule has 0 bridgehead atoms. The molecule has 0 radical (unpaired) electrons. The molecular formula is C12H19BrN4O. The quantitative estimate of drug-likeness (QED) is 0.834. The molecule has 1 aliphatic heterocycles. The Morgan fingerprint density at radius 1 is 1.50 bits per heavy atom. The van der Waals surface area contributed by atoms with E-state index in [1.165, 1.54) is 0 Å². The van der Waals surface area contributed by atoms with E-state index < -0.39 is 0 Å². The highest BCUT2D eigenvalue weighted by Gasteiger charge is 2.24. The summed E-state index contributed by atoms with van der Waals surface area (Å²) in [6.45, 7) is 6.43. The SMILES string of the molecule is CCCNCC1COCCN1c1ncc(Br)cn1. The standard InChI is InChI=1S/C12H19BrN4O/c1-2-3-14-8-11-9-18-5-4-17(11)12-15-6-10(13)7-16-12/h6-7,11,14H,2-5,8-9H2,1H3. The molecule has 2 heterocycles. The molecule has 18 heavy (non-hydrogen) atoms. The van der Waals surface area contributed by atoms with Gasteiger partial charge in [-0.2, -0.15) is 0 Å². The van der Waals surface area contributed by atoms with Gasteiger partial charge in [0.1, 0.15) is 0 Å². The normalized spacial score (nSPS) is 20.1. The van der Waals surface area contributed by atoms with E-state index in [1.54, 1.807) is 12.4 Å². The van der Waals surface area contributed by atoms with E-state index in [2.05, 4.69) is 43.0 Å². The first-order chi connectivity index (χ1) is 8.81. The van der Waals surface area contributed by atoms with Crippen LogP contribution in [0.25, 0.3) is 0 Å². The largest absolute Gasteiger partial charge is 0.377 e. The van der Waals surface area contributed by atoms with Gasteiger partial charge in [-0.15, -0.1) is 0 Å². The lowest BCUT2D eigenvalue weighted by Gasteiger charge is -2.35. The number of nitrogens with zero attached hydrogens (tertiary/aromatic N) is 3. The minimum absolute atomic E-state index is 0.312. The van der Waals surface area contributed by atoms with Crippen LogP contribution >= 0.6 is 15.9 Å². The highest BCUT2D eigenvalue weighted by atomic mass is 79.9. The van der Waals surface area contributed by atoms with Gasteiger partial charge in [-0.05, 0) is 28.9 Å². The number of aromatic nitrogens is 2. The number of halogens is 1. The van der Waals surface area contributed by atoms with Crippen molar-refractivity contribution in [3.05, 3.63) is 16.9 Å². The van der Waals surface area contributed by atoms with Crippen molar-refractivity contribution in [2.24, 2.45) is 0 Å². The van der Waals surface area contributed by atoms with Crippen LogP contribution in [0.1, 0.15) is 13.3 Å². The summed E-state index contributed by atoms with van der Waals surface area (Å²) in [5, 5.41) is 3.43. The molecule has 1 fully saturated rings. The average molecular weight is 315 g/mol. The average Bonchev–Trinajstić information content (AvgIpc) is 2.41. The van der Waals surface area contributed by atoms with E-state index in [-0.39, 0.29) is 0 Å². The maximum atomic E-state index is 5.54. The van der Waals surface area contributed by atoms with E-state index in [0.717, 1.165) is 49.7 Å². The molecule has 0 aliphatic carbocycles. The first-order valence-corrected chi connectivity index (χ1v) is 7.13. The van der Waals surface area contributed by atoms with Crippen molar-refractivity contribution >= 4 is 21.9 Å². The fraction of sp³-hybridized carbons (Fsp3) is 0.667. The maximum Gasteiger partial charge on any atom is 0.225 e. The van der Waals surface area contributed by atoms with Gasteiger partial charge < -0.3 is 15.0 Å². The Kier molecular flexibility index (Phi) is 5.34. The second kappa shape index (κ2) is 7.01. The minimum Gasteiger partial charge on any atom is -0.377 e. The maximum absolute atomic E-state index is 5.54. The minimum atomic E-state index is 0.312. The summed E-state index contributed by atoms with van der Waals surface area (Å²) in [6.07, 6.45) is 4.71. The zero-order valence-corrected chi connectivity index (χ0v) is 12.2. The molecule has 1 aliphatic rings. The number of hydrogen-bond donors (Lipinski definition) is 1. The number of nitrogens with one attached hydrogen (secondary N) is 1. The third-order valence-corrected chi connectivity index (χ3v) is 3.31. The summed E-state index contributed by atoms with van der Waals surface area (Å²) in [5.74, 6) is 0.782. The smallest absolute Gasteiger partial charge is 0.225 e.